The van der Waals surface area contributed by atoms with Crippen molar-refractivity contribution in [3.63, 3.8) is 0 Å². The molecule has 0 saturated heterocycles. The van der Waals surface area contributed by atoms with Crippen LogP contribution >= 0.6 is 22.7 Å². The minimum Gasteiger partial charge on any atom is -0.309 e. The first-order valence-electron chi connectivity index (χ1n) is 21.1. The summed E-state index contributed by atoms with van der Waals surface area (Å²) in [6, 6.07) is 73.8. The molecule has 4 nitrogen and oxygen atoms in total. The van der Waals surface area contributed by atoms with Gasteiger partial charge in [0.1, 0.15) is 0 Å². The van der Waals surface area contributed by atoms with Crippen LogP contribution in [0.2, 0.25) is 0 Å². The minimum absolute atomic E-state index is 0.642. The van der Waals surface area contributed by atoms with E-state index in [1.165, 1.54) is 68.7 Å². The van der Waals surface area contributed by atoms with Crippen LogP contribution < -0.4 is 0 Å². The molecule has 0 radical (unpaired) electrons. The number of aromatic nitrogens is 4. The van der Waals surface area contributed by atoms with Crippen LogP contribution in [0.4, 0.5) is 0 Å². The normalized spacial score (nSPS) is 11.8. The predicted octanol–water partition coefficient (Wildman–Crippen LogP) is 16.0. The molecule has 0 fully saturated rings. The quantitative estimate of drug-likeness (QED) is 0.168. The van der Waals surface area contributed by atoms with Gasteiger partial charge in [0.25, 0.3) is 0 Å². The number of fused-ring (bicyclic) bond motifs is 9. The van der Waals surface area contributed by atoms with Crippen molar-refractivity contribution >= 4 is 84.8 Å². The van der Waals surface area contributed by atoms with Crippen molar-refractivity contribution in [2.45, 2.75) is 0 Å². The third-order valence-corrected chi connectivity index (χ3v) is 14.7. The zero-order chi connectivity index (χ0) is 41.4. The van der Waals surface area contributed by atoms with Gasteiger partial charge in [0.05, 0.1) is 11.0 Å². The number of nitrogens with zero attached hydrogens (tertiary/aromatic N) is 4. The Kier molecular flexibility index (Phi) is 8.22. The van der Waals surface area contributed by atoms with E-state index in [9.17, 15) is 0 Å². The SMILES string of the molecule is c1ccc(-c2cccc(-c3cccc4sc5c(-c6nc(-c7ccccc7)nc(-c7cccc8c7sc7ccccc78)n6)cc(-n6c7ccccc7c7ccccc76)cc5c34)c2)cc1. The van der Waals surface area contributed by atoms with Gasteiger partial charge in [0.15, 0.2) is 17.5 Å². The summed E-state index contributed by atoms with van der Waals surface area (Å²) in [5.74, 6) is 1.94. The fourth-order valence-corrected chi connectivity index (χ4v) is 11.8. The molecule has 0 aliphatic heterocycles. The molecule has 0 atom stereocenters. The largest absolute Gasteiger partial charge is 0.309 e. The monoisotopic (exact) mass is 838 g/mol. The van der Waals surface area contributed by atoms with Gasteiger partial charge in [-0.25, -0.2) is 15.0 Å². The van der Waals surface area contributed by atoms with Crippen molar-refractivity contribution in [1.29, 1.82) is 0 Å². The molecule has 13 aromatic rings. The first kappa shape index (κ1) is 35.9. The molecular weight excluding hydrogens is 805 g/mol. The summed E-state index contributed by atoms with van der Waals surface area (Å²) in [5, 5.41) is 7.27. The lowest BCUT2D eigenvalue weighted by molar-refractivity contribution is 1.08. The third-order valence-electron chi connectivity index (χ3n) is 12.3. The van der Waals surface area contributed by atoms with Crippen molar-refractivity contribution in [1.82, 2.24) is 19.5 Å². The molecule has 13 rings (SSSR count). The average Bonchev–Trinajstić information content (AvgIpc) is 4.04. The summed E-state index contributed by atoms with van der Waals surface area (Å²) in [6.07, 6.45) is 0. The highest BCUT2D eigenvalue weighted by atomic mass is 32.1. The summed E-state index contributed by atoms with van der Waals surface area (Å²) >= 11 is 3.60. The maximum Gasteiger partial charge on any atom is 0.165 e. The average molecular weight is 839 g/mol. The Morgan fingerprint density at radius 2 is 0.841 bits per heavy atom. The van der Waals surface area contributed by atoms with E-state index in [4.69, 9.17) is 15.0 Å². The topological polar surface area (TPSA) is 43.6 Å². The van der Waals surface area contributed by atoms with Crippen LogP contribution in [0.3, 0.4) is 0 Å². The molecule has 63 heavy (non-hydrogen) atoms. The first-order chi connectivity index (χ1) is 31.2. The number of hydrogen-bond donors (Lipinski definition) is 0. The Balaban J connectivity index is 1.13. The molecule has 0 unspecified atom stereocenters. The second-order valence-electron chi connectivity index (χ2n) is 15.9. The van der Waals surface area contributed by atoms with E-state index in [-0.39, 0.29) is 0 Å². The Morgan fingerprint density at radius 3 is 1.62 bits per heavy atom. The zero-order valence-corrected chi connectivity index (χ0v) is 35.4. The number of hydrogen-bond acceptors (Lipinski definition) is 5. The van der Waals surface area contributed by atoms with Crippen molar-refractivity contribution in [2.24, 2.45) is 0 Å². The third kappa shape index (κ3) is 5.83. The molecule has 294 valence electrons. The molecular formula is C57H34N4S2. The minimum atomic E-state index is 0.642. The van der Waals surface area contributed by atoms with Gasteiger partial charge in [-0.05, 0) is 70.8 Å². The summed E-state index contributed by atoms with van der Waals surface area (Å²) in [7, 11) is 0. The zero-order valence-electron chi connectivity index (χ0n) is 33.7. The Bertz CT molecular complexity index is 3870. The molecule has 6 heteroatoms. The van der Waals surface area contributed by atoms with Gasteiger partial charge in [-0.2, -0.15) is 0 Å². The van der Waals surface area contributed by atoms with E-state index in [0.29, 0.717) is 17.5 Å². The van der Waals surface area contributed by atoms with Gasteiger partial charge in [-0.1, -0.05) is 158 Å². The van der Waals surface area contributed by atoms with Gasteiger partial charge in [-0.3, -0.25) is 0 Å². The lowest BCUT2D eigenvalue weighted by atomic mass is 9.95. The molecule has 9 aromatic carbocycles. The summed E-state index contributed by atoms with van der Waals surface area (Å²) in [5.41, 5.74) is 11.0. The van der Waals surface area contributed by atoms with E-state index >= 15 is 0 Å². The molecule has 0 saturated carbocycles. The summed E-state index contributed by atoms with van der Waals surface area (Å²) in [4.78, 5) is 16.2. The van der Waals surface area contributed by atoms with Crippen molar-refractivity contribution in [3.8, 4) is 62.1 Å². The number of para-hydroxylation sites is 2. The van der Waals surface area contributed by atoms with Crippen molar-refractivity contribution in [3.05, 3.63) is 206 Å². The second kappa shape index (κ2) is 14.4. The fourth-order valence-electron chi connectivity index (χ4n) is 9.40. The van der Waals surface area contributed by atoms with Crippen LogP contribution in [0.1, 0.15) is 0 Å². The van der Waals surface area contributed by atoms with Crippen LogP contribution in [-0.4, -0.2) is 19.5 Å². The van der Waals surface area contributed by atoms with Gasteiger partial charge < -0.3 is 4.57 Å². The van der Waals surface area contributed by atoms with Gasteiger partial charge in [-0.15, -0.1) is 22.7 Å². The van der Waals surface area contributed by atoms with Gasteiger partial charge in [0, 0.05) is 73.5 Å². The Labute approximate surface area is 370 Å². The lowest BCUT2D eigenvalue weighted by Crippen LogP contribution is -2.01. The van der Waals surface area contributed by atoms with E-state index in [1.54, 1.807) is 11.3 Å². The van der Waals surface area contributed by atoms with E-state index < -0.39 is 0 Å². The smallest absolute Gasteiger partial charge is 0.165 e. The molecule has 0 aliphatic rings. The molecule has 0 bridgehead atoms. The van der Waals surface area contributed by atoms with Crippen LogP contribution in [0.5, 0.6) is 0 Å². The van der Waals surface area contributed by atoms with Crippen LogP contribution in [-0.2, 0) is 0 Å². The highest BCUT2D eigenvalue weighted by Gasteiger charge is 2.23. The number of rotatable bonds is 6. The molecule has 0 spiro atoms. The van der Waals surface area contributed by atoms with Crippen LogP contribution in [0, 0.1) is 0 Å². The first-order valence-corrected chi connectivity index (χ1v) is 22.7. The molecule has 0 aliphatic carbocycles. The van der Waals surface area contributed by atoms with E-state index in [1.807, 2.05) is 29.5 Å². The maximum absolute atomic E-state index is 5.49. The predicted molar refractivity (Wildman–Crippen MR) is 267 cm³/mol. The highest BCUT2D eigenvalue weighted by molar-refractivity contribution is 7.26. The number of benzene rings is 9. The van der Waals surface area contributed by atoms with Crippen molar-refractivity contribution in [2.75, 3.05) is 0 Å². The molecule has 0 N–H and O–H groups in total. The van der Waals surface area contributed by atoms with E-state index in [0.717, 1.165) is 38.1 Å². The molecule has 0 amide bonds. The van der Waals surface area contributed by atoms with Crippen molar-refractivity contribution < 1.29 is 0 Å². The second-order valence-corrected chi connectivity index (χ2v) is 18.0. The highest BCUT2D eigenvalue weighted by Crippen LogP contribution is 2.47. The summed E-state index contributed by atoms with van der Waals surface area (Å²) in [6.45, 7) is 0. The summed E-state index contributed by atoms with van der Waals surface area (Å²) < 4.78 is 7.17. The molecule has 4 heterocycles. The van der Waals surface area contributed by atoms with E-state index in [2.05, 4.69) is 193 Å². The Morgan fingerprint density at radius 1 is 0.317 bits per heavy atom. The van der Waals surface area contributed by atoms with Crippen LogP contribution in [0.15, 0.2) is 206 Å². The molecule has 4 aromatic heterocycles. The fraction of sp³-hybridized carbons (Fsp3) is 0. The standard InChI is InChI=1S/C57H34N4S2/c1-3-16-35(17-4-1)37-20-13-21-38(32-37)40-25-15-31-51-52(40)46-33-39(61-48-28-10-7-22-41(48)42-23-8-11-29-49(42)61)34-47(54(46)63-51)57-59-55(36-18-5-2-6-19-36)58-56(60-57)45-27-14-26-44-43-24-9-12-30-50(43)62-53(44)45/h1-34H. The van der Waals surface area contributed by atoms with Crippen LogP contribution in [0.25, 0.3) is 124 Å². The number of thiophene rings is 2. The maximum atomic E-state index is 5.49. The van der Waals surface area contributed by atoms with Gasteiger partial charge >= 0.3 is 0 Å². The lowest BCUT2D eigenvalue weighted by Gasteiger charge is -2.14. The van der Waals surface area contributed by atoms with Gasteiger partial charge in [0.2, 0.25) is 0 Å². The Hall–Kier alpha value is -7.77.